The zero-order chi connectivity index (χ0) is 15.7. The van der Waals surface area contributed by atoms with Crippen molar-refractivity contribution in [3.05, 3.63) is 34.3 Å². The Morgan fingerprint density at radius 1 is 1.43 bits per heavy atom. The van der Waals surface area contributed by atoms with E-state index in [1.165, 1.54) is 12.5 Å². The van der Waals surface area contributed by atoms with Gasteiger partial charge in [0.1, 0.15) is 5.25 Å². The molecule has 2 rings (SSSR count). The summed E-state index contributed by atoms with van der Waals surface area (Å²) >= 11 is 3.47. The van der Waals surface area contributed by atoms with E-state index in [-0.39, 0.29) is 5.41 Å². The second-order valence-corrected chi connectivity index (χ2v) is 9.12. The highest BCUT2D eigenvalue weighted by atomic mass is 79.9. The van der Waals surface area contributed by atoms with Crippen LogP contribution in [0.3, 0.4) is 0 Å². The molecule has 21 heavy (non-hydrogen) atoms. The van der Waals surface area contributed by atoms with E-state index in [9.17, 15) is 13.2 Å². The minimum atomic E-state index is -3.35. The maximum atomic E-state index is 12.0. The van der Waals surface area contributed by atoms with Crippen LogP contribution >= 0.6 is 15.9 Å². The van der Waals surface area contributed by atoms with Crippen LogP contribution in [0, 0.1) is 0 Å². The highest BCUT2D eigenvalue weighted by Crippen LogP contribution is 2.43. The number of hydrogen-bond acceptors (Lipinski definition) is 3. The average molecular weight is 374 g/mol. The minimum Gasteiger partial charge on any atom is -0.354 e. The summed E-state index contributed by atoms with van der Waals surface area (Å²) in [7, 11) is -3.35. The molecule has 1 N–H and O–H groups in total. The summed E-state index contributed by atoms with van der Waals surface area (Å²) in [6, 6.07) is 8.10. The number of carbonyl (C=O) groups is 1. The lowest BCUT2D eigenvalue weighted by atomic mass is 9.64. The van der Waals surface area contributed by atoms with Gasteiger partial charge in [-0.1, -0.05) is 34.5 Å². The Hall–Kier alpha value is -0.880. The van der Waals surface area contributed by atoms with Crippen molar-refractivity contribution >= 4 is 31.7 Å². The number of rotatable bonds is 5. The van der Waals surface area contributed by atoms with Gasteiger partial charge in [-0.3, -0.25) is 4.79 Å². The average Bonchev–Trinajstić information content (AvgIpc) is 2.35. The van der Waals surface area contributed by atoms with Gasteiger partial charge in [0.15, 0.2) is 9.84 Å². The fraction of sp³-hybridized carbons (Fsp3) is 0.533. The van der Waals surface area contributed by atoms with Gasteiger partial charge in [0.25, 0.3) is 0 Å². The molecular formula is C15H20BrNO3S. The molecule has 1 amide bonds. The van der Waals surface area contributed by atoms with Gasteiger partial charge in [0.2, 0.25) is 5.91 Å². The molecule has 1 aliphatic rings. The van der Waals surface area contributed by atoms with Crippen LogP contribution in [0.1, 0.15) is 31.7 Å². The van der Waals surface area contributed by atoms with Gasteiger partial charge in [-0.05, 0) is 37.5 Å². The predicted molar refractivity (Wildman–Crippen MR) is 87.0 cm³/mol. The number of benzene rings is 1. The smallest absolute Gasteiger partial charge is 0.238 e. The van der Waals surface area contributed by atoms with Crippen molar-refractivity contribution in [3.63, 3.8) is 0 Å². The Labute approximate surface area is 134 Å². The predicted octanol–water partition coefficient (Wildman–Crippen LogP) is 2.42. The summed E-state index contributed by atoms with van der Waals surface area (Å²) in [5.41, 5.74) is 1.13. The van der Waals surface area contributed by atoms with Crippen LogP contribution in [0.4, 0.5) is 0 Å². The Morgan fingerprint density at radius 2 is 2.10 bits per heavy atom. The normalized spacial score (nSPS) is 18.6. The molecule has 1 aliphatic carbocycles. The number of sulfone groups is 1. The number of amides is 1. The summed E-state index contributed by atoms with van der Waals surface area (Å²) in [5.74, 6) is -0.418. The van der Waals surface area contributed by atoms with Gasteiger partial charge in [-0.25, -0.2) is 8.42 Å². The highest BCUT2D eigenvalue weighted by Gasteiger charge is 2.39. The SMILES string of the molecule is C[C@@H](C(=O)NCC1(c2cccc(Br)c2)CCC1)S(C)(=O)=O. The monoisotopic (exact) mass is 373 g/mol. The van der Waals surface area contributed by atoms with Crippen molar-refractivity contribution in [1.82, 2.24) is 5.32 Å². The second-order valence-electron chi connectivity index (χ2n) is 5.83. The van der Waals surface area contributed by atoms with Gasteiger partial charge in [-0.15, -0.1) is 0 Å². The maximum Gasteiger partial charge on any atom is 0.238 e. The Balaban J connectivity index is 2.08. The summed E-state index contributed by atoms with van der Waals surface area (Å²) in [4.78, 5) is 12.0. The van der Waals surface area contributed by atoms with E-state index in [1.54, 1.807) is 0 Å². The van der Waals surface area contributed by atoms with E-state index in [2.05, 4.69) is 33.4 Å². The molecule has 4 nitrogen and oxygen atoms in total. The van der Waals surface area contributed by atoms with E-state index in [0.717, 1.165) is 30.0 Å². The van der Waals surface area contributed by atoms with Gasteiger partial charge >= 0.3 is 0 Å². The summed E-state index contributed by atoms with van der Waals surface area (Å²) in [6.07, 6.45) is 4.24. The number of carbonyl (C=O) groups excluding carboxylic acids is 1. The molecule has 1 atom stereocenters. The zero-order valence-corrected chi connectivity index (χ0v) is 14.6. The fourth-order valence-corrected chi connectivity index (χ4v) is 3.46. The van der Waals surface area contributed by atoms with Crippen molar-refractivity contribution in [2.24, 2.45) is 0 Å². The number of halogens is 1. The molecule has 1 fully saturated rings. The van der Waals surface area contributed by atoms with Crippen LogP contribution in [-0.2, 0) is 20.0 Å². The number of hydrogen-bond donors (Lipinski definition) is 1. The first-order valence-electron chi connectivity index (χ1n) is 6.97. The lowest BCUT2D eigenvalue weighted by Crippen LogP contribution is -2.48. The van der Waals surface area contributed by atoms with Crippen LogP contribution in [0.25, 0.3) is 0 Å². The molecule has 6 heteroatoms. The van der Waals surface area contributed by atoms with Crippen LogP contribution in [-0.4, -0.2) is 32.4 Å². The third-order valence-electron chi connectivity index (χ3n) is 4.36. The lowest BCUT2D eigenvalue weighted by Gasteiger charge is -2.43. The largest absolute Gasteiger partial charge is 0.354 e. The van der Waals surface area contributed by atoms with Crippen LogP contribution in [0.15, 0.2) is 28.7 Å². The molecule has 0 bridgehead atoms. The third kappa shape index (κ3) is 3.66. The first kappa shape index (κ1) is 16.5. The Bertz CT molecular complexity index is 638. The Kier molecular flexibility index (Phi) is 4.78. The van der Waals surface area contributed by atoms with Crippen molar-refractivity contribution in [2.75, 3.05) is 12.8 Å². The van der Waals surface area contributed by atoms with Crippen molar-refractivity contribution in [3.8, 4) is 0 Å². The van der Waals surface area contributed by atoms with E-state index in [0.29, 0.717) is 6.54 Å². The molecule has 0 heterocycles. The maximum absolute atomic E-state index is 12.0. The topological polar surface area (TPSA) is 63.2 Å². The number of nitrogens with one attached hydrogen (secondary N) is 1. The van der Waals surface area contributed by atoms with E-state index in [4.69, 9.17) is 0 Å². The molecule has 1 aromatic rings. The van der Waals surface area contributed by atoms with E-state index in [1.807, 2.05) is 12.1 Å². The van der Waals surface area contributed by atoms with Crippen LogP contribution < -0.4 is 5.32 Å². The molecule has 0 aliphatic heterocycles. The van der Waals surface area contributed by atoms with Crippen molar-refractivity contribution < 1.29 is 13.2 Å². The molecule has 1 saturated carbocycles. The molecule has 1 aromatic carbocycles. The van der Waals surface area contributed by atoms with Gasteiger partial charge < -0.3 is 5.32 Å². The van der Waals surface area contributed by atoms with E-state index < -0.39 is 21.0 Å². The first-order chi connectivity index (χ1) is 9.74. The lowest BCUT2D eigenvalue weighted by molar-refractivity contribution is -0.120. The molecular weight excluding hydrogens is 354 g/mol. The quantitative estimate of drug-likeness (QED) is 0.861. The molecule has 0 spiro atoms. The molecule has 0 radical (unpaired) electrons. The van der Waals surface area contributed by atoms with Crippen molar-refractivity contribution in [1.29, 1.82) is 0 Å². The first-order valence-corrected chi connectivity index (χ1v) is 9.72. The minimum absolute atomic E-state index is 0.0589. The highest BCUT2D eigenvalue weighted by molar-refractivity contribution is 9.10. The second kappa shape index (κ2) is 6.08. The zero-order valence-electron chi connectivity index (χ0n) is 12.2. The van der Waals surface area contributed by atoms with Gasteiger partial charge in [-0.2, -0.15) is 0 Å². The van der Waals surface area contributed by atoms with Crippen molar-refractivity contribution in [2.45, 2.75) is 36.9 Å². The third-order valence-corrected chi connectivity index (χ3v) is 6.35. The van der Waals surface area contributed by atoms with E-state index >= 15 is 0 Å². The van der Waals surface area contributed by atoms with Crippen LogP contribution in [0.2, 0.25) is 0 Å². The summed E-state index contributed by atoms with van der Waals surface area (Å²) < 4.78 is 23.9. The molecule has 0 unspecified atom stereocenters. The summed E-state index contributed by atoms with van der Waals surface area (Å²) in [5, 5.41) is 1.81. The van der Waals surface area contributed by atoms with Gasteiger partial charge in [0.05, 0.1) is 0 Å². The Morgan fingerprint density at radius 3 is 2.57 bits per heavy atom. The van der Waals surface area contributed by atoms with Gasteiger partial charge in [0, 0.05) is 22.7 Å². The molecule has 0 aromatic heterocycles. The fourth-order valence-electron chi connectivity index (χ4n) is 2.58. The summed E-state index contributed by atoms with van der Waals surface area (Å²) in [6.45, 7) is 1.92. The van der Waals surface area contributed by atoms with Crippen LogP contribution in [0.5, 0.6) is 0 Å². The molecule has 0 saturated heterocycles. The standard InChI is InChI=1S/C15H20BrNO3S/c1-11(21(2,19)20)14(18)17-10-15(7-4-8-15)12-5-3-6-13(16)9-12/h3,5-6,9,11H,4,7-8,10H2,1-2H3,(H,17,18)/t11-/m0/s1. The molecule has 116 valence electrons.